The third-order valence-electron chi connectivity index (χ3n) is 9.45. The van der Waals surface area contributed by atoms with Gasteiger partial charge in [-0.3, -0.25) is 0 Å². The molecule has 0 aliphatic rings. The maximum Gasteiger partial charge on any atom is 0.102 e. The highest BCUT2D eigenvalue weighted by Gasteiger charge is 2.21. The molecule has 0 aliphatic carbocycles. The molecule has 9 aromatic rings. The summed E-state index contributed by atoms with van der Waals surface area (Å²) in [6.07, 6.45) is 0. The Hall–Kier alpha value is -6.88. The summed E-state index contributed by atoms with van der Waals surface area (Å²) in [6, 6.07) is 58.8. The van der Waals surface area contributed by atoms with Gasteiger partial charge in [-0.15, -0.1) is 0 Å². The summed E-state index contributed by atoms with van der Waals surface area (Å²) >= 11 is 0. The molecule has 4 nitrogen and oxygen atoms in total. The average molecular weight is 611 g/mol. The van der Waals surface area contributed by atoms with Crippen LogP contribution in [-0.4, -0.2) is 9.13 Å². The standard InChI is InChI=1S/C44H26N4/c45-27-29-13-11-26-43-44(29)36-19-6-10-24-41(36)48(43)38-21-7-3-16-33(38)31-15-2-1-14-30(31)32-20-12-25-42(37(32)28-46)47-39-22-8-4-17-34(39)35-18-5-9-23-40(35)47/h1-26H. The largest absolute Gasteiger partial charge is 0.309 e. The number of fused-ring (bicyclic) bond motifs is 6. The molecule has 0 saturated carbocycles. The van der Waals surface area contributed by atoms with E-state index in [-0.39, 0.29) is 0 Å². The molecule has 7 aromatic carbocycles. The van der Waals surface area contributed by atoms with Gasteiger partial charge in [-0.2, -0.15) is 10.5 Å². The van der Waals surface area contributed by atoms with E-state index in [4.69, 9.17) is 0 Å². The average Bonchev–Trinajstić information content (AvgIpc) is 3.67. The summed E-state index contributed by atoms with van der Waals surface area (Å²) < 4.78 is 4.48. The number of nitrogens with zero attached hydrogens (tertiary/aromatic N) is 4. The second-order valence-corrected chi connectivity index (χ2v) is 11.9. The lowest BCUT2D eigenvalue weighted by molar-refractivity contribution is 1.17. The molecule has 2 aromatic heterocycles. The smallest absolute Gasteiger partial charge is 0.102 e. The fraction of sp³-hybridized carbons (Fsp3) is 0. The molecule has 0 spiro atoms. The SMILES string of the molecule is N#Cc1c(-c2ccccc2-c2ccccc2-n2c3ccccc3c3c(C#N)cccc32)cccc1-n1c2ccccc2c2ccccc21. The lowest BCUT2D eigenvalue weighted by Crippen LogP contribution is -2.01. The summed E-state index contributed by atoms with van der Waals surface area (Å²) in [5.41, 5.74) is 11.2. The van der Waals surface area contributed by atoms with Crippen LogP contribution in [-0.2, 0) is 0 Å². The Labute approximate surface area is 277 Å². The van der Waals surface area contributed by atoms with Gasteiger partial charge in [0.1, 0.15) is 6.07 Å². The number of hydrogen-bond donors (Lipinski definition) is 0. The summed E-state index contributed by atoms with van der Waals surface area (Å²) in [6.45, 7) is 0. The molecule has 0 amide bonds. The molecule has 48 heavy (non-hydrogen) atoms. The van der Waals surface area contributed by atoms with E-state index in [1.54, 1.807) is 0 Å². The Bertz CT molecular complexity index is 2760. The molecule has 0 bridgehead atoms. The minimum atomic E-state index is 0.615. The van der Waals surface area contributed by atoms with Gasteiger partial charge >= 0.3 is 0 Å². The predicted octanol–water partition coefficient (Wildman–Crippen LogP) is 11.0. The van der Waals surface area contributed by atoms with Crippen molar-refractivity contribution in [1.29, 1.82) is 10.5 Å². The van der Waals surface area contributed by atoms with Crippen molar-refractivity contribution in [1.82, 2.24) is 9.13 Å². The normalized spacial score (nSPS) is 11.3. The van der Waals surface area contributed by atoms with Crippen molar-refractivity contribution in [3.05, 3.63) is 169 Å². The summed E-state index contributed by atoms with van der Waals surface area (Å²) in [5.74, 6) is 0. The molecule has 0 atom stereocenters. The maximum atomic E-state index is 10.9. The summed E-state index contributed by atoms with van der Waals surface area (Å²) in [4.78, 5) is 0. The van der Waals surface area contributed by atoms with Gasteiger partial charge in [-0.1, -0.05) is 115 Å². The zero-order valence-electron chi connectivity index (χ0n) is 25.8. The maximum absolute atomic E-state index is 10.9. The van der Waals surface area contributed by atoms with Crippen LogP contribution < -0.4 is 0 Å². The number of para-hydroxylation sites is 4. The molecule has 4 heteroatoms. The zero-order chi connectivity index (χ0) is 32.2. The van der Waals surface area contributed by atoms with E-state index in [1.807, 2.05) is 54.6 Å². The van der Waals surface area contributed by atoms with Crippen molar-refractivity contribution in [2.45, 2.75) is 0 Å². The monoisotopic (exact) mass is 610 g/mol. The number of benzene rings is 7. The van der Waals surface area contributed by atoms with Crippen molar-refractivity contribution in [2.24, 2.45) is 0 Å². The number of rotatable bonds is 4. The van der Waals surface area contributed by atoms with Gasteiger partial charge in [-0.05, 0) is 53.6 Å². The first-order chi connectivity index (χ1) is 23.8. The number of aromatic nitrogens is 2. The molecule has 0 fully saturated rings. The first kappa shape index (κ1) is 27.4. The van der Waals surface area contributed by atoms with Crippen LogP contribution in [0.15, 0.2) is 158 Å². The number of nitriles is 2. The van der Waals surface area contributed by atoms with Gasteiger partial charge in [0.15, 0.2) is 0 Å². The lowest BCUT2D eigenvalue weighted by Gasteiger charge is -2.18. The molecule has 0 saturated heterocycles. The Kier molecular flexibility index (Phi) is 6.22. The second kappa shape index (κ2) is 10.9. The zero-order valence-corrected chi connectivity index (χ0v) is 25.8. The van der Waals surface area contributed by atoms with E-state index >= 15 is 0 Å². The van der Waals surface area contributed by atoms with Gasteiger partial charge in [0.25, 0.3) is 0 Å². The van der Waals surface area contributed by atoms with Crippen LogP contribution in [0.4, 0.5) is 0 Å². The van der Waals surface area contributed by atoms with Crippen LogP contribution in [0, 0.1) is 22.7 Å². The molecular weight excluding hydrogens is 585 g/mol. The van der Waals surface area contributed by atoms with E-state index in [0.717, 1.165) is 77.2 Å². The molecule has 0 unspecified atom stereocenters. The highest BCUT2D eigenvalue weighted by atomic mass is 15.0. The summed E-state index contributed by atoms with van der Waals surface area (Å²) in [5, 5.41) is 25.2. The predicted molar refractivity (Wildman–Crippen MR) is 195 cm³/mol. The van der Waals surface area contributed by atoms with Crippen molar-refractivity contribution in [2.75, 3.05) is 0 Å². The van der Waals surface area contributed by atoms with Crippen LogP contribution in [0.1, 0.15) is 11.1 Å². The molecule has 2 heterocycles. The van der Waals surface area contributed by atoms with Gasteiger partial charge in [-0.25, -0.2) is 0 Å². The third-order valence-corrected chi connectivity index (χ3v) is 9.45. The van der Waals surface area contributed by atoms with Crippen molar-refractivity contribution in [3.8, 4) is 45.8 Å². The second-order valence-electron chi connectivity index (χ2n) is 11.9. The topological polar surface area (TPSA) is 57.4 Å². The molecular formula is C44H26N4. The first-order valence-electron chi connectivity index (χ1n) is 15.9. The van der Waals surface area contributed by atoms with E-state index in [9.17, 15) is 10.5 Å². The first-order valence-corrected chi connectivity index (χ1v) is 15.9. The van der Waals surface area contributed by atoms with E-state index < -0.39 is 0 Å². The Morgan fingerprint density at radius 3 is 1.48 bits per heavy atom. The highest BCUT2D eigenvalue weighted by molar-refractivity contribution is 6.12. The molecule has 9 rings (SSSR count). The van der Waals surface area contributed by atoms with Crippen LogP contribution in [0.2, 0.25) is 0 Å². The van der Waals surface area contributed by atoms with Gasteiger partial charge in [0.2, 0.25) is 0 Å². The van der Waals surface area contributed by atoms with Gasteiger partial charge in [0.05, 0.1) is 50.6 Å². The van der Waals surface area contributed by atoms with Crippen LogP contribution >= 0.6 is 0 Å². The molecule has 0 N–H and O–H groups in total. The minimum absolute atomic E-state index is 0.615. The lowest BCUT2D eigenvalue weighted by atomic mass is 9.90. The van der Waals surface area contributed by atoms with Crippen molar-refractivity contribution >= 4 is 43.6 Å². The minimum Gasteiger partial charge on any atom is -0.309 e. The highest BCUT2D eigenvalue weighted by Crippen LogP contribution is 2.42. The third kappa shape index (κ3) is 3.94. The van der Waals surface area contributed by atoms with E-state index in [0.29, 0.717) is 11.1 Å². The number of hydrogen-bond acceptors (Lipinski definition) is 2. The van der Waals surface area contributed by atoms with Crippen molar-refractivity contribution in [3.63, 3.8) is 0 Å². The fourth-order valence-corrected chi connectivity index (χ4v) is 7.47. The van der Waals surface area contributed by atoms with Crippen molar-refractivity contribution < 1.29 is 0 Å². The Morgan fingerprint density at radius 1 is 0.354 bits per heavy atom. The molecule has 222 valence electrons. The Balaban J connectivity index is 1.31. The van der Waals surface area contributed by atoms with E-state index in [2.05, 4.69) is 124 Å². The van der Waals surface area contributed by atoms with Crippen LogP contribution in [0.5, 0.6) is 0 Å². The van der Waals surface area contributed by atoms with Crippen LogP contribution in [0.3, 0.4) is 0 Å². The van der Waals surface area contributed by atoms with E-state index in [1.165, 1.54) is 0 Å². The van der Waals surface area contributed by atoms with Gasteiger partial charge in [0, 0.05) is 32.7 Å². The molecule has 0 aliphatic heterocycles. The van der Waals surface area contributed by atoms with Gasteiger partial charge < -0.3 is 9.13 Å². The van der Waals surface area contributed by atoms with Crippen LogP contribution in [0.25, 0.3) is 77.2 Å². The Morgan fingerprint density at radius 2 is 0.812 bits per heavy atom. The quantitative estimate of drug-likeness (QED) is 0.199. The fourth-order valence-electron chi connectivity index (χ4n) is 7.47. The summed E-state index contributed by atoms with van der Waals surface area (Å²) in [7, 11) is 0. The molecule has 0 radical (unpaired) electrons.